The smallest absolute Gasteiger partial charge is 0.307 e. The third kappa shape index (κ3) is 4.79. The minimum Gasteiger partial charge on any atom is -0.466 e. The molecule has 0 saturated carbocycles. The fourth-order valence-corrected chi connectivity index (χ4v) is 1.55. The maximum atomic E-state index is 13.4. The van der Waals surface area contributed by atoms with Crippen LogP contribution in [0.3, 0.4) is 0 Å². The van der Waals surface area contributed by atoms with E-state index in [1.54, 1.807) is 18.9 Å². The van der Waals surface area contributed by atoms with E-state index in [1.165, 1.54) is 0 Å². The molecule has 0 aliphatic carbocycles. The number of benzene rings is 1. The quantitative estimate of drug-likeness (QED) is 0.733. The van der Waals surface area contributed by atoms with Crippen LogP contribution < -0.4 is 0 Å². The molecule has 1 aromatic rings. The van der Waals surface area contributed by atoms with E-state index in [2.05, 4.69) is 0 Å². The molecule has 0 heterocycles. The molecule has 0 aromatic heterocycles. The van der Waals surface area contributed by atoms with Gasteiger partial charge in [0.1, 0.15) is 11.6 Å². The van der Waals surface area contributed by atoms with Gasteiger partial charge in [0.25, 0.3) is 0 Å². The zero-order valence-corrected chi connectivity index (χ0v) is 10.6. The van der Waals surface area contributed by atoms with E-state index in [0.717, 1.165) is 18.2 Å². The highest BCUT2D eigenvalue weighted by Crippen LogP contribution is 2.11. The first-order chi connectivity index (χ1) is 8.52. The molecule has 5 heteroatoms. The Hall–Kier alpha value is -1.49. The lowest BCUT2D eigenvalue weighted by Crippen LogP contribution is -2.22. The van der Waals surface area contributed by atoms with E-state index >= 15 is 0 Å². The van der Waals surface area contributed by atoms with Gasteiger partial charge in [-0.3, -0.25) is 4.79 Å². The van der Waals surface area contributed by atoms with Gasteiger partial charge in [-0.15, -0.1) is 0 Å². The third-order valence-corrected chi connectivity index (χ3v) is 2.45. The van der Waals surface area contributed by atoms with Crippen LogP contribution in [0.2, 0.25) is 0 Å². The van der Waals surface area contributed by atoms with Crippen LogP contribution in [0.15, 0.2) is 18.2 Å². The number of hydrogen-bond acceptors (Lipinski definition) is 3. The molecule has 0 N–H and O–H groups in total. The van der Waals surface area contributed by atoms with Gasteiger partial charge in [0.15, 0.2) is 0 Å². The van der Waals surface area contributed by atoms with E-state index in [4.69, 9.17) is 4.74 Å². The van der Waals surface area contributed by atoms with Gasteiger partial charge in [-0.1, -0.05) is 0 Å². The fraction of sp³-hybridized carbons (Fsp3) is 0.462. The Balaban J connectivity index is 2.46. The maximum absolute atomic E-state index is 13.4. The number of ether oxygens (including phenoxy) is 1. The summed E-state index contributed by atoms with van der Waals surface area (Å²) in [6, 6.07) is 3.34. The maximum Gasteiger partial charge on any atom is 0.307 e. The average molecular weight is 257 g/mol. The van der Waals surface area contributed by atoms with Crippen molar-refractivity contribution in [3.8, 4) is 0 Å². The lowest BCUT2D eigenvalue weighted by atomic mass is 10.2. The molecule has 0 fully saturated rings. The van der Waals surface area contributed by atoms with Gasteiger partial charge >= 0.3 is 5.97 Å². The number of esters is 1. The Morgan fingerprint density at radius 1 is 1.39 bits per heavy atom. The Morgan fingerprint density at radius 2 is 2.11 bits per heavy atom. The summed E-state index contributed by atoms with van der Waals surface area (Å²) in [5.74, 6) is -1.20. The van der Waals surface area contributed by atoms with Gasteiger partial charge in [-0.25, -0.2) is 8.78 Å². The van der Waals surface area contributed by atoms with Crippen LogP contribution in [0.5, 0.6) is 0 Å². The minimum absolute atomic E-state index is 0.237. The molecule has 0 saturated heterocycles. The van der Waals surface area contributed by atoms with Crippen LogP contribution in [-0.4, -0.2) is 31.1 Å². The van der Waals surface area contributed by atoms with Crippen molar-refractivity contribution in [3.05, 3.63) is 35.4 Å². The second kappa shape index (κ2) is 7.06. The highest BCUT2D eigenvalue weighted by Gasteiger charge is 2.09. The number of rotatable bonds is 6. The Bertz CT molecular complexity index is 410. The number of carbonyl (C=O) groups excluding carboxylic acids is 1. The van der Waals surface area contributed by atoms with E-state index < -0.39 is 11.6 Å². The van der Waals surface area contributed by atoms with Crippen molar-refractivity contribution in [1.82, 2.24) is 4.90 Å². The molecule has 0 atom stereocenters. The van der Waals surface area contributed by atoms with Crippen LogP contribution in [0.1, 0.15) is 18.9 Å². The van der Waals surface area contributed by atoms with E-state index in [0.29, 0.717) is 13.2 Å². The van der Waals surface area contributed by atoms with Gasteiger partial charge in [-0.05, 0) is 32.2 Å². The highest BCUT2D eigenvalue weighted by molar-refractivity contribution is 5.69. The number of halogens is 2. The molecular weight excluding hydrogens is 240 g/mol. The van der Waals surface area contributed by atoms with Crippen LogP contribution in [0.4, 0.5) is 8.78 Å². The number of hydrogen-bond donors (Lipinski definition) is 0. The minimum atomic E-state index is -0.467. The summed E-state index contributed by atoms with van der Waals surface area (Å²) in [4.78, 5) is 12.9. The van der Waals surface area contributed by atoms with Crippen molar-refractivity contribution in [2.24, 2.45) is 0 Å². The summed E-state index contributed by atoms with van der Waals surface area (Å²) >= 11 is 0. The molecule has 0 radical (unpaired) electrons. The van der Waals surface area contributed by atoms with Crippen LogP contribution in [0.25, 0.3) is 0 Å². The second-order valence-electron chi connectivity index (χ2n) is 4.03. The molecule has 0 spiro atoms. The molecule has 0 aliphatic rings. The van der Waals surface area contributed by atoms with Gasteiger partial charge in [-0.2, -0.15) is 0 Å². The molecule has 100 valence electrons. The summed E-state index contributed by atoms with van der Waals surface area (Å²) in [6.45, 7) is 2.78. The highest BCUT2D eigenvalue weighted by atomic mass is 19.1. The molecular formula is C13H17F2NO2. The lowest BCUT2D eigenvalue weighted by Gasteiger charge is -2.16. The molecule has 18 heavy (non-hydrogen) atoms. The molecule has 1 rings (SSSR count). The Morgan fingerprint density at radius 3 is 2.78 bits per heavy atom. The van der Waals surface area contributed by atoms with Crippen molar-refractivity contribution in [2.75, 3.05) is 20.2 Å². The summed E-state index contributed by atoms with van der Waals surface area (Å²) in [5.41, 5.74) is 0.279. The fourth-order valence-electron chi connectivity index (χ4n) is 1.55. The topological polar surface area (TPSA) is 29.5 Å². The Kier molecular flexibility index (Phi) is 5.71. The van der Waals surface area contributed by atoms with Crippen molar-refractivity contribution >= 4 is 5.97 Å². The largest absolute Gasteiger partial charge is 0.466 e. The summed E-state index contributed by atoms with van der Waals surface area (Å²) in [6.07, 6.45) is 0.237. The van der Waals surface area contributed by atoms with Gasteiger partial charge < -0.3 is 9.64 Å². The van der Waals surface area contributed by atoms with Crippen molar-refractivity contribution in [1.29, 1.82) is 0 Å². The summed E-state index contributed by atoms with van der Waals surface area (Å²) in [5, 5.41) is 0. The standard InChI is InChI=1S/C13H17F2NO2/c1-3-18-13(17)6-7-16(2)9-10-8-11(14)4-5-12(10)15/h4-5,8H,3,6-7,9H2,1-2H3. The van der Waals surface area contributed by atoms with Gasteiger partial charge in [0.05, 0.1) is 13.0 Å². The van der Waals surface area contributed by atoms with E-state index in [9.17, 15) is 13.6 Å². The van der Waals surface area contributed by atoms with Crippen LogP contribution in [-0.2, 0) is 16.1 Å². The SMILES string of the molecule is CCOC(=O)CCN(C)Cc1cc(F)ccc1F. The zero-order chi connectivity index (χ0) is 13.5. The first-order valence-corrected chi connectivity index (χ1v) is 5.81. The van der Waals surface area contributed by atoms with Crippen LogP contribution in [0, 0.1) is 11.6 Å². The molecule has 0 amide bonds. The van der Waals surface area contributed by atoms with Crippen LogP contribution >= 0.6 is 0 Å². The van der Waals surface area contributed by atoms with Crippen molar-refractivity contribution in [2.45, 2.75) is 19.9 Å². The van der Waals surface area contributed by atoms with Gasteiger partial charge in [0.2, 0.25) is 0 Å². The third-order valence-electron chi connectivity index (χ3n) is 2.45. The monoisotopic (exact) mass is 257 g/mol. The predicted molar refractivity (Wildman–Crippen MR) is 63.9 cm³/mol. The molecule has 1 aromatic carbocycles. The first-order valence-electron chi connectivity index (χ1n) is 5.81. The summed E-state index contributed by atoms with van der Waals surface area (Å²) in [7, 11) is 1.74. The second-order valence-corrected chi connectivity index (χ2v) is 4.03. The Labute approximate surface area is 105 Å². The van der Waals surface area contributed by atoms with Crippen molar-refractivity contribution in [3.63, 3.8) is 0 Å². The van der Waals surface area contributed by atoms with Gasteiger partial charge in [0, 0.05) is 18.7 Å². The van der Waals surface area contributed by atoms with E-state index in [1.807, 2.05) is 0 Å². The molecule has 0 bridgehead atoms. The number of carbonyl (C=O) groups is 1. The molecule has 0 unspecified atom stereocenters. The number of nitrogens with zero attached hydrogens (tertiary/aromatic N) is 1. The predicted octanol–water partition coefficient (Wildman–Crippen LogP) is 2.35. The lowest BCUT2D eigenvalue weighted by molar-refractivity contribution is -0.143. The van der Waals surface area contributed by atoms with E-state index in [-0.39, 0.29) is 24.5 Å². The average Bonchev–Trinajstić information content (AvgIpc) is 2.32. The van der Waals surface area contributed by atoms with Crippen molar-refractivity contribution < 1.29 is 18.3 Å². The summed E-state index contributed by atoms with van der Waals surface area (Å²) < 4.78 is 31.1. The molecule has 0 aliphatic heterocycles. The zero-order valence-electron chi connectivity index (χ0n) is 10.6. The normalized spacial score (nSPS) is 10.7. The first kappa shape index (κ1) is 14.6. The molecule has 3 nitrogen and oxygen atoms in total.